The molecule has 2 aliphatic rings. The Bertz CT molecular complexity index is 691. The zero-order valence-corrected chi connectivity index (χ0v) is 14.6. The van der Waals surface area contributed by atoms with Crippen LogP contribution < -0.4 is 11.5 Å². The molecule has 134 valence electrons. The Morgan fingerprint density at radius 3 is 2.80 bits per heavy atom. The molecule has 0 aromatic carbocycles. The topological polar surface area (TPSA) is 97.4 Å². The van der Waals surface area contributed by atoms with Crippen molar-refractivity contribution >= 4 is 6.21 Å². The maximum absolute atomic E-state index is 14.8. The third-order valence-corrected chi connectivity index (χ3v) is 4.50. The summed E-state index contributed by atoms with van der Waals surface area (Å²) in [6.07, 6.45) is 10.0. The van der Waals surface area contributed by atoms with E-state index in [1.165, 1.54) is 7.11 Å². The fourth-order valence-corrected chi connectivity index (χ4v) is 2.90. The molecule has 0 heterocycles. The average molecular weight is 344 g/mol. The van der Waals surface area contributed by atoms with Crippen molar-refractivity contribution in [3.63, 3.8) is 0 Å². The van der Waals surface area contributed by atoms with Gasteiger partial charge in [-0.1, -0.05) is 18.6 Å². The van der Waals surface area contributed by atoms with Crippen LogP contribution in [0.2, 0.25) is 0 Å². The largest absolute Gasteiger partial charge is 0.494 e. The van der Waals surface area contributed by atoms with Crippen LogP contribution >= 0.6 is 0 Å². The Morgan fingerprint density at radius 1 is 1.48 bits per heavy atom. The van der Waals surface area contributed by atoms with Crippen molar-refractivity contribution in [2.75, 3.05) is 13.7 Å². The van der Waals surface area contributed by atoms with Crippen molar-refractivity contribution in [3.8, 4) is 6.07 Å². The quantitative estimate of drug-likeness (QED) is 0.420. The van der Waals surface area contributed by atoms with Crippen LogP contribution in [0.25, 0.3) is 0 Å². The summed E-state index contributed by atoms with van der Waals surface area (Å²) in [5.41, 5.74) is 13.0. The van der Waals surface area contributed by atoms with Crippen molar-refractivity contribution in [1.82, 2.24) is 0 Å². The van der Waals surface area contributed by atoms with Crippen molar-refractivity contribution in [1.29, 1.82) is 5.26 Å². The zero-order valence-electron chi connectivity index (χ0n) is 14.6. The summed E-state index contributed by atoms with van der Waals surface area (Å²) >= 11 is 0. The lowest BCUT2D eigenvalue weighted by Gasteiger charge is -2.28. The zero-order chi connectivity index (χ0) is 18.2. The van der Waals surface area contributed by atoms with Gasteiger partial charge in [0, 0.05) is 12.6 Å². The molecule has 0 amide bonds. The van der Waals surface area contributed by atoms with Crippen LogP contribution in [0.5, 0.6) is 0 Å². The Labute approximate surface area is 148 Å². The van der Waals surface area contributed by atoms with Crippen molar-refractivity contribution in [2.24, 2.45) is 22.4 Å². The van der Waals surface area contributed by atoms with Gasteiger partial charge < -0.3 is 16.2 Å². The summed E-state index contributed by atoms with van der Waals surface area (Å²) in [6, 6.07) is 1.91. The normalized spacial score (nSPS) is 19.6. The van der Waals surface area contributed by atoms with Gasteiger partial charge in [0.25, 0.3) is 0 Å². The molecule has 0 atom stereocenters. The van der Waals surface area contributed by atoms with E-state index < -0.39 is 0 Å². The van der Waals surface area contributed by atoms with E-state index in [2.05, 4.69) is 4.99 Å². The first-order chi connectivity index (χ1) is 12.1. The minimum absolute atomic E-state index is 0.00182. The molecule has 1 fully saturated rings. The molecule has 0 aromatic heterocycles. The summed E-state index contributed by atoms with van der Waals surface area (Å²) in [5.74, 6) is 0.271. The average Bonchev–Trinajstić information content (AvgIpc) is 2.71. The number of nitrogens with zero attached hydrogens (tertiary/aromatic N) is 2. The van der Waals surface area contributed by atoms with Crippen LogP contribution in [-0.2, 0) is 4.74 Å². The number of hydrogen-bond acceptors (Lipinski definition) is 5. The molecule has 25 heavy (non-hydrogen) atoms. The first-order valence-electron chi connectivity index (χ1n) is 8.58. The molecule has 2 aliphatic carbocycles. The molecule has 1 saturated carbocycles. The van der Waals surface area contributed by atoms with E-state index in [1.807, 2.05) is 12.1 Å². The molecular formula is C19H25FN4O. The maximum atomic E-state index is 14.8. The Morgan fingerprint density at radius 2 is 2.24 bits per heavy atom. The third kappa shape index (κ3) is 4.58. The Kier molecular flexibility index (Phi) is 6.96. The van der Waals surface area contributed by atoms with Crippen LogP contribution in [0.1, 0.15) is 38.5 Å². The molecule has 6 heteroatoms. The SMILES string of the molecule is COC1=C(F)CC(/C(N=CCCCN)=C(/N)C#N)=CC=C1C1CCC1. The van der Waals surface area contributed by atoms with Crippen molar-refractivity contribution in [3.05, 3.63) is 46.3 Å². The predicted octanol–water partition coefficient (Wildman–Crippen LogP) is 3.37. The van der Waals surface area contributed by atoms with E-state index in [4.69, 9.17) is 21.5 Å². The van der Waals surface area contributed by atoms with E-state index in [-0.39, 0.29) is 17.9 Å². The fourth-order valence-electron chi connectivity index (χ4n) is 2.90. The van der Waals surface area contributed by atoms with Gasteiger partial charge in [-0.3, -0.25) is 4.99 Å². The molecular weight excluding hydrogens is 319 g/mol. The molecule has 2 rings (SSSR count). The van der Waals surface area contributed by atoms with E-state index in [1.54, 1.807) is 12.3 Å². The minimum Gasteiger partial charge on any atom is -0.494 e. The van der Waals surface area contributed by atoms with Crippen molar-refractivity contribution in [2.45, 2.75) is 38.5 Å². The van der Waals surface area contributed by atoms with Gasteiger partial charge in [0.2, 0.25) is 0 Å². The highest BCUT2D eigenvalue weighted by Crippen LogP contribution is 2.41. The third-order valence-electron chi connectivity index (χ3n) is 4.50. The van der Waals surface area contributed by atoms with Crippen LogP contribution in [-0.4, -0.2) is 19.9 Å². The number of nitriles is 1. The van der Waals surface area contributed by atoms with Gasteiger partial charge >= 0.3 is 0 Å². The number of methoxy groups -OCH3 is 1. The van der Waals surface area contributed by atoms with E-state index >= 15 is 0 Å². The number of unbranched alkanes of at least 4 members (excludes halogenated alkanes) is 1. The number of allylic oxidation sites excluding steroid dienone is 6. The first-order valence-corrected chi connectivity index (χ1v) is 8.58. The second-order valence-electron chi connectivity index (χ2n) is 6.17. The Balaban J connectivity index is 2.37. The van der Waals surface area contributed by atoms with E-state index in [0.717, 1.165) is 31.3 Å². The van der Waals surface area contributed by atoms with E-state index in [0.29, 0.717) is 35.9 Å². The summed E-state index contributed by atoms with van der Waals surface area (Å²) in [6.45, 7) is 0.559. The van der Waals surface area contributed by atoms with Gasteiger partial charge in [-0.15, -0.1) is 0 Å². The monoisotopic (exact) mass is 344 g/mol. The standard InChI is InChI=1S/C19H25FN4O/c1-25-19-15(13-5-4-6-13)8-7-14(11-16(19)20)18(17(23)12-22)24-10-3-2-9-21/h7-8,10,13H,2-6,9,11,21,23H2,1H3/b18-17-,24-10?. The maximum Gasteiger partial charge on any atom is 0.154 e. The van der Waals surface area contributed by atoms with Crippen LogP contribution in [0.4, 0.5) is 4.39 Å². The molecule has 0 unspecified atom stereocenters. The van der Waals surface area contributed by atoms with Crippen LogP contribution in [0, 0.1) is 17.2 Å². The molecule has 0 aromatic rings. The molecule has 4 N–H and O–H groups in total. The summed E-state index contributed by atoms with van der Waals surface area (Å²) in [5, 5.41) is 9.16. The summed E-state index contributed by atoms with van der Waals surface area (Å²) in [7, 11) is 1.48. The van der Waals surface area contributed by atoms with Crippen LogP contribution in [0.15, 0.2) is 51.3 Å². The van der Waals surface area contributed by atoms with Gasteiger partial charge in [-0.2, -0.15) is 5.26 Å². The number of rotatable bonds is 7. The summed E-state index contributed by atoms with van der Waals surface area (Å²) in [4.78, 5) is 4.31. The molecule has 0 saturated heterocycles. The minimum atomic E-state index is -0.357. The molecule has 0 radical (unpaired) electrons. The fraction of sp³-hybridized carbons (Fsp3) is 0.474. The smallest absolute Gasteiger partial charge is 0.154 e. The van der Waals surface area contributed by atoms with Crippen LogP contribution in [0.3, 0.4) is 0 Å². The van der Waals surface area contributed by atoms with E-state index in [9.17, 15) is 4.39 Å². The highest BCUT2D eigenvalue weighted by molar-refractivity contribution is 5.62. The first kappa shape index (κ1) is 18.9. The lowest BCUT2D eigenvalue weighted by molar-refractivity contribution is 0.257. The lowest BCUT2D eigenvalue weighted by Crippen LogP contribution is -2.16. The Hall–Kier alpha value is -2.39. The predicted molar refractivity (Wildman–Crippen MR) is 96.9 cm³/mol. The van der Waals surface area contributed by atoms with Crippen molar-refractivity contribution < 1.29 is 9.13 Å². The number of aliphatic imine (C=N–C) groups is 1. The lowest BCUT2D eigenvalue weighted by atomic mass is 9.78. The van der Waals surface area contributed by atoms with Gasteiger partial charge in [0.1, 0.15) is 17.6 Å². The molecule has 5 nitrogen and oxygen atoms in total. The van der Waals surface area contributed by atoms with Gasteiger partial charge in [-0.05, 0) is 49.3 Å². The number of halogens is 1. The molecule has 0 bridgehead atoms. The highest BCUT2D eigenvalue weighted by atomic mass is 19.1. The summed E-state index contributed by atoms with van der Waals surface area (Å²) < 4.78 is 20.1. The molecule has 0 aliphatic heterocycles. The number of hydrogen-bond donors (Lipinski definition) is 2. The highest BCUT2D eigenvalue weighted by Gasteiger charge is 2.28. The molecule has 0 spiro atoms. The van der Waals surface area contributed by atoms with Gasteiger partial charge in [-0.25, -0.2) is 4.39 Å². The number of ether oxygens (including phenoxy) is 1. The number of nitrogens with two attached hydrogens (primary N) is 2. The second kappa shape index (κ2) is 9.19. The van der Waals surface area contributed by atoms with Gasteiger partial charge in [0.05, 0.1) is 12.8 Å². The van der Waals surface area contributed by atoms with Gasteiger partial charge in [0.15, 0.2) is 5.76 Å². The second-order valence-corrected chi connectivity index (χ2v) is 6.17.